The number of amidine groups is 1. The standard InChI is InChI=1S/C6H7N3O2/c10-8-6(9-11)5-2-1-3-7-4-5/h1-4,10-11H,(H,8,9). The summed E-state index contributed by atoms with van der Waals surface area (Å²) in [6, 6.07) is 3.31. The lowest BCUT2D eigenvalue weighted by molar-refractivity contribution is 0.223. The van der Waals surface area contributed by atoms with Crippen molar-refractivity contribution in [3.63, 3.8) is 0 Å². The van der Waals surface area contributed by atoms with Gasteiger partial charge >= 0.3 is 0 Å². The summed E-state index contributed by atoms with van der Waals surface area (Å²) in [4.78, 5) is 3.76. The van der Waals surface area contributed by atoms with Gasteiger partial charge in [-0.15, -0.1) is 0 Å². The highest BCUT2D eigenvalue weighted by Crippen LogP contribution is 1.94. The van der Waals surface area contributed by atoms with Gasteiger partial charge in [0.1, 0.15) is 0 Å². The van der Waals surface area contributed by atoms with Crippen LogP contribution in [-0.4, -0.2) is 21.2 Å². The number of hydrogen-bond donors (Lipinski definition) is 3. The van der Waals surface area contributed by atoms with Crippen molar-refractivity contribution in [2.75, 3.05) is 0 Å². The topological polar surface area (TPSA) is 77.7 Å². The molecule has 0 aliphatic heterocycles. The van der Waals surface area contributed by atoms with Crippen LogP contribution < -0.4 is 5.48 Å². The third-order valence-corrected chi connectivity index (χ3v) is 1.14. The normalized spacial score (nSPS) is 11.2. The largest absolute Gasteiger partial charge is 0.409 e. The molecule has 0 unspecified atom stereocenters. The van der Waals surface area contributed by atoms with Gasteiger partial charge in [-0.2, -0.15) is 0 Å². The summed E-state index contributed by atoms with van der Waals surface area (Å²) in [6.07, 6.45) is 3.04. The quantitative estimate of drug-likeness (QED) is 0.233. The van der Waals surface area contributed by atoms with E-state index in [4.69, 9.17) is 10.4 Å². The van der Waals surface area contributed by atoms with Crippen LogP contribution in [0.3, 0.4) is 0 Å². The molecule has 0 saturated carbocycles. The summed E-state index contributed by atoms with van der Waals surface area (Å²) in [5, 5.41) is 19.5. The van der Waals surface area contributed by atoms with E-state index in [-0.39, 0.29) is 5.84 Å². The van der Waals surface area contributed by atoms with Crippen molar-refractivity contribution in [1.82, 2.24) is 10.5 Å². The highest BCUT2D eigenvalue weighted by molar-refractivity contribution is 5.97. The van der Waals surface area contributed by atoms with E-state index in [1.165, 1.54) is 6.20 Å². The van der Waals surface area contributed by atoms with E-state index < -0.39 is 0 Å². The molecule has 0 aromatic carbocycles. The molecule has 58 valence electrons. The number of nitrogens with one attached hydrogen (secondary N) is 1. The molecule has 11 heavy (non-hydrogen) atoms. The first-order valence-electron chi connectivity index (χ1n) is 2.91. The van der Waals surface area contributed by atoms with Crippen molar-refractivity contribution in [2.24, 2.45) is 5.16 Å². The average Bonchev–Trinajstić information content (AvgIpc) is 2.09. The van der Waals surface area contributed by atoms with Crippen LogP contribution in [0.2, 0.25) is 0 Å². The Balaban J connectivity index is 2.92. The Labute approximate surface area is 63.0 Å². The van der Waals surface area contributed by atoms with Crippen molar-refractivity contribution < 1.29 is 10.4 Å². The van der Waals surface area contributed by atoms with Gasteiger partial charge in [0.05, 0.1) is 0 Å². The molecule has 0 atom stereocenters. The van der Waals surface area contributed by atoms with Crippen LogP contribution in [-0.2, 0) is 0 Å². The smallest absolute Gasteiger partial charge is 0.197 e. The van der Waals surface area contributed by atoms with E-state index in [9.17, 15) is 0 Å². The van der Waals surface area contributed by atoms with Crippen LogP contribution >= 0.6 is 0 Å². The van der Waals surface area contributed by atoms with Crippen molar-refractivity contribution in [2.45, 2.75) is 0 Å². The summed E-state index contributed by atoms with van der Waals surface area (Å²) < 4.78 is 0. The maximum Gasteiger partial charge on any atom is 0.197 e. The molecule has 0 saturated heterocycles. The molecule has 0 amide bonds. The van der Waals surface area contributed by atoms with Crippen LogP contribution in [0.4, 0.5) is 0 Å². The van der Waals surface area contributed by atoms with E-state index in [1.54, 1.807) is 23.8 Å². The van der Waals surface area contributed by atoms with Gasteiger partial charge in [0.2, 0.25) is 0 Å². The Hall–Kier alpha value is -1.62. The van der Waals surface area contributed by atoms with Crippen molar-refractivity contribution in [3.05, 3.63) is 30.1 Å². The lowest BCUT2D eigenvalue weighted by atomic mass is 10.3. The molecule has 1 heterocycles. The zero-order valence-electron chi connectivity index (χ0n) is 5.60. The Morgan fingerprint density at radius 3 is 2.91 bits per heavy atom. The van der Waals surface area contributed by atoms with Crippen LogP contribution in [0.1, 0.15) is 5.56 Å². The van der Waals surface area contributed by atoms with Gasteiger partial charge < -0.3 is 5.21 Å². The third kappa shape index (κ3) is 1.65. The molecule has 5 heteroatoms. The van der Waals surface area contributed by atoms with Gasteiger partial charge in [0.15, 0.2) is 5.84 Å². The average molecular weight is 153 g/mol. The fourth-order valence-corrected chi connectivity index (χ4v) is 0.647. The van der Waals surface area contributed by atoms with Crippen LogP contribution in [0.25, 0.3) is 0 Å². The maximum atomic E-state index is 8.41. The monoisotopic (exact) mass is 153 g/mol. The van der Waals surface area contributed by atoms with Gasteiger partial charge in [-0.3, -0.25) is 10.2 Å². The second kappa shape index (κ2) is 3.52. The zero-order valence-corrected chi connectivity index (χ0v) is 5.60. The summed E-state index contributed by atoms with van der Waals surface area (Å²) in [6.45, 7) is 0. The molecule has 5 nitrogen and oxygen atoms in total. The van der Waals surface area contributed by atoms with Gasteiger partial charge in [0.25, 0.3) is 0 Å². The SMILES string of the molecule is ON=C(NO)c1cccnc1. The van der Waals surface area contributed by atoms with E-state index in [0.29, 0.717) is 5.56 Å². The number of pyridine rings is 1. The molecular weight excluding hydrogens is 146 g/mol. The fraction of sp³-hybridized carbons (Fsp3) is 0. The number of rotatable bonds is 1. The summed E-state index contributed by atoms with van der Waals surface area (Å²) in [5.41, 5.74) is 2.24. The molecule has 0 bridgehead atoms. The summed E-state index contributed by atoms with van der Waals surface area (Å²) in [5.74, 6) is -0.0295. The highest BCUT2D eigenvalue weighted by atomic mass is 16.5. The Morgan fingerprint density at radius 2 is 2.45 bits per heavy atom. The molecule has 0 aliphatic carbocycles. The number of oxime groups is 1. The lowest BCUT2D eigenvalue weighted by Gasteiger charge is -1.99. The van der Waals surface area contributed by atoms with E-state index >= 15 is 0 Å². The minimum Gasteiger partial charge on any atom is -0.409 e. The molecule has 0 radical (unpaired) electrons. The van der Waals surface area contributed by atoms with Crippen molar-refractivity contribution in [3.8, 4) is 0 Å². The zero-order chi connectivity index (χ0) is 8.10. The van der Waals surface area contributed by atoms with Crippen molar-refractivity contribution in [1.29, 1.82) is 0 Å². The molecule has 3 N–H and O–H groups in total. The third-order valence-electron chi connectivity index (χ3n) is 1.14. The van der Waals surface area contributed by atoms with E-state index in [2.05, 4.69) is 10.1 Å². The summed E-state index contributed by atoms with van der Waals surface area (Å²) in [7, 11) is 0. The number of nitrogens with zero attached hydrogens (tertiary/aromatic N) is 2. The lowest BCUT2D eigenvalue weighted by Crippen LogP contribution is -2.20. The molecule has 0 aliphatic rings. The molecule has 0 fully saturated rings. The van der Waals surface area contributed by atoms with Gasteiger partial charge in [-0.05, 0) is 12.1 Å². The van der Waals surface area contributed by atoms with Crippen LogP contribution in [0.15, 0.2) is 29.7 Å². The molecule has 1 rings (SSSR count). The van der Waals surface area contributed by atoms with Crippen LogP contribution in [0, 0.1) is 0 Å². The van der Waals surface area contributed by atoms with Crippen LogP contribution in [0.5, 0.6) is 0 Å². The Morgan fingerprint density at radius 1 is 1.64 bits per heavy atom. The fourth-order valence-electron chi connectivity index (χ4n) is 0.647. The minimum absolute atomic E-state index is 0.0295. The molecule has 0 spiro atoms. The second-order valence-electron chi connectivity index (χ2n) is 1.80. The Kier molecular flexibility index (Phi) is 2.40. The molecule has 1 aromatic rings. The highest BCUT2D eigenvalue weighted by Gasteiger charge is 1.99. The second-order valence-corrected chi connectivity index (χ2v) is 1.80. The molecular formula is C6H7N3O2. The maximum absolute atomic E-state index is 8.41. The first kappa shape index (κ1) is 7.49. The predicted octanol–water partition coefficient (Wildman–Crippen LogP) is 0.196. The first-order chi connectivity index (χ1) is 5.38. The van der Waals surface area contributed by atoms with Gasteiger partial charge in [-0.1, -0.05) is 5.16 Å². The number of hydrogen-bond acceptors (Lipinski definition) is 4. The number of aromatic nitrogens is 1. The Bertz CT molecular complexity index is 247. The van der Waals surface area contributed by atoms with E-state index in [0.717, 1.165) is 0 Å². The predicted molar refractivity (Wildman–Crippen MR) is 37.5 cm³/mol. The minimum atomic E-state index is -0.0295. The van der Waals surface area contributed by atoms with Gasteiger partial charge in [-0.25, -0.2) is 5.48 Å². The first-order valence-corrected chi connectivity index (χ1v) is 2.91. The van der Waals surface area contributed by atoms with E-state index in [1.807, 2.05) is 0 Å². The summed E-state index contributed by atoms with van der Waals surface area (Å²) >= 11 is 0. The van der Waals surface area contributed by atoms with Gasteiger partial charge in [0, 0.05) is 18.0 Å². The molecule has 1 aromatic heterocycles. The van der Waals surface area contributed by atoms with Crippen molar-refractivity contribution >= 4 is 5.84 Å². The number of hydroxylamine groups is 1.